The molecule has 0 radical (unpaired) electrons. The summed E-state index contributed by atoms with van der Waals surface area (Å²) in [6, 6.07) is 7.20. The van der Waals surface area contributed by atoms with Crippen LogP contribution in [0.25, 0.3) is 0 Å². The van der Waals surface area contributed by atoms with Gasteiger partial charge in [-0.25, -0.2) is 0 Å². The maximum atomic E-state index is 10.9. The highest BCUT2D eigenvalue weighted by atomic mass is 16.5. The summed E-state index contributed by atoms with van der Waals surface area (Å²) < 4.78 is 5.31. The molecule has 21 heavy (non-hydrogen) atoms. The van der Waals surface area contributed by atoms with Gasteiger partial charge in [0.25, 0.3) is 0 Å². The van der Waals surface area contributed by atoms with E-state index >= 15 is 0 Å². The molecule has 114 valence electrons. The molecule has 4 rings (SSSR count). The number of aryl methyl sites for hydroxylation is 1. The van der Waals surface area contributed by atoms with E-state index in [1.165, 1.54) is 37.8 Å². The molecule has 1 N–H and O–H groups in total. The van der Waals surface area contributed by atoms with Crippen LogP contribution in [0.4, 0.5) is 0 Å². The van der Waals surface area contributed by atoms with Crippen LogP contribution in [0.5, 0.6) is 5.75 Å². The van der Waals surface area contributed by atoms with Crippen LogP contribution in [0.2, 0.25) is 0 Å². The molecule has 2 unspecified atom stereocenters. The molecule has 0 heterocycles. The quantitative estimate of drug-likeness (QED) is 0.904. The second-order valence-corrected chi connectivity index (χ2v) is 6.99. The van der Waals surface area contributed by atoms with Crippen LogP contribution >= 0.6 is 0 Å². The second kappa shape index (κ2) is 5.29. The van der Waals surface area contributed by atoms with E-state index in [0.717, 1.165) is 36.1 Å². The fourth-order valence-electron chi connectivity index (χ4n) is 3.79. The number of methoxy groups -OCH3 is 1. The van der Waals surface area contributed by atoms with E-state index in [1.54, 1.807) is 7.11 Å². The van der Waals surface area contributed by atoms with Crippen LogP contribution in [0.3, 0.4) is 0 Å². The molecule has 1 aromatic rings. The summed E-state index contributed by atoms with van der Waals surface area (Å²) in [5.74, 6) is 1.80. The van der Waals surface area contributed by atoms with Gasteiger partial charge in [0.1, 0.15) is 5.75 Å². The Morgan fingerprint density at radius 1 is 1.19 bits per heavy atom. The molecule has 0 aliphatic heterocycles. The van der Waals surface area contributed by atoms with Crippen molar-refractivity contribution in [2.45, 2.75) is 56.7 Å². The molecule has 0 amide bonds. The Hall–Kier alpha value is -1.06. The van der Waals surface area contributed by atoms with Gasteiger partial charge in [0.05, 0.1) is 13.2 Å². The molecule has 1 aromatic carbocycles. The van der Waals surface area contributed by atoms with Crippen molar-refractivity contribution in [1.29, 1.82) is 0 Å². The first-order chi connectivity index (χ1) is 10.3. The minimum absolute atomic E-state index is 0.319. The van der Waals surface area contributed by atoms with Crippen molar-refractivity contribution in [2.75, 3.05) is 13.7 Å². The Bertz CT molecular complexity index is 522. The summed E-state index contributed by atoms with van der Waals surface area (Å²) >= 11 is 0. The zero-order chi connectivity index (χ0) is 14.4. The average molecular weight is 287 g/mol. The third-order valence-electron chi connectivity index (χ3n) is 5.35. The first-order valence-corrected chi connectivity index (χ1v) is 8.37. The molecule has 3 nitrogen and oxygen atoms in total. The monoisotopic (exact) mass is 287 g/mol. The Morgan fingerprint density at radius 3 is 2.67 bits per heavy atom. The third kappa shape index (κ3) is 2.69. The minimum Gasteiger partial charge on any atom is -0.497 e. The van der Waals surface area contributed by atoms with E-state index in [4.69, 9.17) is 4.74 Å². The van der Waals surface area contributed by atoms with Crippen molar-refractivity contribution in [3.05, 3.63) is 29.3 Å². The Balaban J connectivity index is 1.56. The highest BCUT2D eigenvalue weighted by Gasteiger charge is 2.41. The lowest BCUT2D eigenvalue weighted by Gasteiger charge is -2.39. The van der Waals surface area contributed by atoms with Crippen LogP contribution in [-0.4, -0.2) is 35.7 Å². The van der Waals surface area contributed by atoms with E-state index in [0.29, 0.717) is 6.04 Å². The van der Waals surface area contributed by atoms with Crippen molar-refractivity contribution in [3.8, 4) is 5.75 Å². The Labute approximate surface area is 126 Å². The number of rotatable bonds is 5. The zero-order valence-electron chi connectivity index (χ0n) is 12.8. The van der Waals surface area contributed by atoms with Crippen LogP contribution in [0, 0.1) is 5.92 Å². The average Bonchev–Trinajstić information content (AvgIpc) is 3.38. The van der Waals surface area contributed by atoms with Crippen LogP contribution in [-0.2, 0) is 6.42 Å². The summed E-state index contributed by atoms with van der Waals surface area (Å²) in [4.78, 5) is 2.63. The number of benzene rings is 1. The lowest BCUT2D eigenvalue weighted by atomic mass is 9.84. The molecule has 0 aromatic heterocycles. The maximum absolute atomic E-state index is 10.9. The van der Waals surface area contributed by atoms with Crippen molar-refractivity contribution in [3.63, 3.8) is 0 Å². The molecular formula is C18H25NO2. The van der Waals surface area contributed by atoms with Gasteiger partial charge >= 0.3 is 0 Å². The van der Waals surface area contributed by atoms with E-state index in [2.05, 4.69) is 17.0 Å². The summed E-state index contributed by atoms with van der Waals surface area (Å²) in [6.07, 6.45) is 7.22. The maximum Gasteiger partial charge on any atom is 0.119 e. The summed E-state index contributed by atoms with van der Waals surface area (Å²) in [5, 5.41) is 10.9. The predicted molar refractivity (Wildman–Crippen MR) is 82.5 cm³/mol. The zero-order valence-corrected chi connectivity index (χ0v) is 12.8. The molecular weight excluding hydrogens is 262 g/mol. The van der Waals surface area contributed by atoms with Gasteiger partial charge in [0.2, 0.25) is 0 Å². The molecule has 2 fully saturated rings. The highest BCUT2D eigenvalue weighted by Crippen LogP contribution is 2.42. The standard InChI is InChI=1S/C18H25NO2/c1-21-15-7-8-16-13(10-15)4-9-17(18(16)20)19(14-5-6-14)11-12-2-3-12/h7-8,10,12,14,17-18,20H,2-6,9,11H2,1H3. The molecule has 0 spiro atoms. The highest BCUT2D eigenvalue weighted by molar-refractivity contribution is 5.39. The van der Waals surface area contributed by atoms with Gasteiger partial charge in [-0.15, -0.1) is 0 Å². The van der Waals surface area contributed by atoms with Crippen molar-refractivity contribution >= 4 is 0 Å². The van der Waals surface area contributed by atoms with Gasteiger partial charge in [0, 0.05) is 18.6 Å². The molecule has 2 saturated carbocycles. The molecule has 0 bridgehead atoms. The van der Waals surface area contributed by atoms with Crippen LogP contribution in [0.15, 0.2) is 18.2 Å². The third-order valence-corrected chi connectivity index (χ3v) is 5.35. The SMILES string of the molecule is COc1ccc2c(c1)CCC(N(CC1CC1)C1CC1)C2O. The summed E-state index contributed by atoms with van der Waals surface area (Å²) in [5.41, 5.74) is 2.38. The number of aliphatic hydroxyl groups excluding tert-OH is 1. The van der Waals surface area contributed by atoms with Gasteiger partial charge in [0.15, 0.2) is 0 Å². The van der Waals surface area contributed by atoms with Gasteiger partial charge in [-0.2, -0.15) is 0 Å². The fourth-order valence-corrected chi connectivity index (χ4v) is 3.79. The largest absolute Gasteiger partial charge is 0.497 e. The lowest BCUT2D eigenvalue weighted by molar-refractivity contribution is 0.0284. The smallest absolute Gasteiger partial charge is 0.119 e. The number of nitrogens with zero attached hydrogens (tertiary/aromatic N) is 1. The second-order valence-electron chi connectivity index (χ2n) is 6.99. The Kier molecular flexibility index (Phi) is 3.43. The predicted octanol–water partition coefficient (Wildman–Crippen LogP) is 2.92. The number of ether oxygens (including phenoxy) is 1. The molecule has 3 aliphatic rings. The number of hydrogen-bond acceptors (Lipinski definition) is 3. The number of hydrogen-bond donors (Lipinski definition) is 1. The van der Waals surface area contributed by atoms with E-state index < -0.39 is 0 Å². The van der Waals surface area contributed by atoms with Gasteiger partial charge in [-0.1, -0.05) is 6.07 Å². The first kappa shape index (κ1) is 13.6. The summed E-state index contributed by atoms with van der Waals surface area (Å²) in [7, 11) is 1.70. The van der Waals surface area contributed by atoms with Crippen molar-refractivity contribution in [1.82, 2.24) is 4.90 Å². The minimum atomic E-state index is -0.334. The van der Waals surface area contributed by atoms with Crippen LogP contribution < -0.4 is 4.74 Å². The Morgan fingerprint density at radius 2 is 2.00 bits per heavy atom. The molecule has 3 heteroatoms. The van der Waals surface area contributed by atoms with E-state index in [9.17, 15) is 5.11 Å². The van der Waals surface area contributed by atoms with Gasteiger partial charge in [-0.3, -0.25) is 4.90 Å². The van der Waals surface area contributed by atoms with Gasteiger partial charge in [-0.05, 0) is 67.7 Å². The number of fused-ring (bicyclic) bond motifs is 1. The van der Waals surface area contributed by atoms with Crippen molar-refractivity contribution in [2.24, 2.45) is 5.92 Å². The first-order valence-electron chi connectivity index (χ1n) is 8.37. The topological polar surface area (TPSA) is 32.7 Å². The van der Waals surface area contributed by atoms with Crippen molar-refractivity contribution < 1.29 is 9.84 Å². The van der Waals surface area contributed by atoms with Crippen LogP contribution in [0.1, 0.15) is 49.3 Å². The lowest BCUT2D eigenvalue weighted by Crippen LogP contribution is -2.44. The van der Waals surface area contributed by atoms with E-state index in [-0.39, 0.29) is 6.10 Å². The summed E-state index contributed by atoms with van der Waals surface area (Å²) in [6.45, 7) is 1.21. The fraction of sp³-hybridized carbons (Fsp3) is 0.667. The normalized spacial score (nSPS) is 28.5. The van der Waals surface area contributed by atoms with E-state index in [1.807, 2.05) is 6.07 Å². The molecule has 3 aliphatic carbocycles. The number of aliphatic hydroxyl groups is 1. The molecule has 2 atom stereocenters. The van der Waals surface area contributed by atoms with Gasteiger partial charge < -0.3 is 9.84 Å². The molecule has 0 saturated heterocycles.